The van der Waals surface area contributed by atoms with Crippen LogP contribution in [-0.4, -0.2) is 40.6 Å². The highest BCUT2D eigenvalue weighted by atomic mass is 32.2. The first-order chi connectivity index (χ1) is 13.9. The van der Waals surface area contributed by atoms with E-state index in [1.54, 1.807) is 10.6 Å². The van der Waals surface area contributed by atoms with Crippen molar-refractivity contribution in [3.8, 4) is 5.00 Å². The molecule has 0 unspecified atom stereocenters. The van der Waals surface area contributed by atoms with E-state index in [0.717, 1.165) is 5.00 Å². The fourth-order valence-corrected chi connectivity index (χ4v) is 5.97. The molecule has 1 aliphatic rings. The predicted octanol–water partition coefficient (Wildman–Crippen LogP) is 2.55. The fraction of sp³-hybridized carbons (Fsp3) is 0.368. The molecule has 3 heterocycles. The Hall–Kier alpha value is -2.30. The molecule has 10 heteroatoms. The molecule has 0 saturated carbocycles. The average Bonchev–Trinajstić information content (AvgIpc) is 3.32. The molecule has 0 bridgehead atoms. The Morgan fingerprint density at radius 2 is 2.00 bits per heavy atom. The van der Waals surface area contributed by atoms with E-state index in [1.165, 1.54) is 33.8 Å². The van der Waals surface area contributed by atoms with E-state index in [4.69, 9.17) is 0 Å². The van der Waals surface area contributed by atoms with Crippen molar-refractivity contribution in [1.82, 2.24) is 19.1 Å². The van der Waals surface area contributed by atoms with Gasteiger partial charge in [-0.05, 0) is 54.0 Å². The first kappa shape index (κ1) is 20.0. The third-order valence-corrected chi connectivity index (χ3v) is 7.85. The molecule has 0 aliphatic carbocycles. The van der Waals surface area contributed by atoms with Gasteiger partial charge in [-0.1, -0.05) is 12.1 Å². The number of nitrogens with one attached hydrogen (secondary N) is 1. The maximum absolute atomic E-state index is 13.3. The third kappa shape index (κ3) is 4.49. The summed E-state index contributed by atoms with van der Waals surface area (Å²) < 4.78 is 41.8. The van der Waals surface area contributed by atoms with Gasteiger partial charge < -0.3 is 0 Å². The molecule has 1 aliphatic heterocycles. The number of aromatic nitrogens is 3. The minimum atomic E-state index is -3.50. The topological polar surface area (TPSA) is 88.1 Å². The van der Waals surface area contributed by atoms with Crippen LogP contribution in [0.2, 0.25) is 0 Å². The summed E-state index contributed by atoms with van der Waals surface area (Å²) in [4.78, 5) is 12.1. The molecule has 0 atom stereocenters. The van der Waals surface area contributed by atoms with Gasteiger partial charge in [0.1, 0.15) is 16.6 Å². The monoisotopic (exact) mass is 436 g/mol. The minimum absolute atomic E-state index is 0.202. The molecule has 2 aromatic heterocycles. The van der Waals surface area contributed by atoms with Gasteiger partial charge in [0.25, 0.3) is 0 Å². The van der Waals surface area contributed by atoms with Crippen LogP contribution >= 0.6 is 11.3 Å². The van der Waals surface area contributed by atoms with Crippen LogP contribution in [0.3, 0.4) is 0 Å². The summed E-state index contributed by atoms with van der Waals surface area (Å²) in [5.74, 6) is 0.266. The van der Waals surface area contributed by atoms with Crippen LogP contribution in [0.4, 0.5) is 4.39 Å². The molecule has 0 amide bonds. The Morgan fingerprint density at radius 3 is 2.69 bits per heavy atom. The molecule has 29 heavy (non-hydrogen) atoms. The summed E-state index contributed by atoms with van der Waals surface area (Å²) in [5.41, 5.74) is 0.182. The van der Waals surface area contributed by atoms with Crippen molar-refractivity contribution < 1.29 is 12.8 Å². The minimum Gasteiger partial charge on any atom is -0.246 e. The molecule has 1 saturated heterocycles. The Kier molecular flexibility index (Phi) is 5.66. The van der Waals surface area contributed by atoms with E-state index >= 15 is 0 Å². The first-order valence-corrected chi connectivity index (χ1v) is 11.8. The second-order valence-electron chi connectivity index (χ2n) is 7.16. The predicted molar refractivity (Wildman–Crippen MR) is 109 cm³/mol. The van der Waals surface area contributed by atoms with Crippen LogP contribution in [-0.2, 0) is 22.2 Å². The molecule has 3 aromatic rings. The van der Waals surface area contributed by atoms with E-state index in [0.29, 0.717) is 43.7 Å². The summed E-state index contributed by atoms with van der Waals surface area (Å²) in [7, 11) is -3.50. The first-order valence-electron chi connectivity index (χ1n) is 9.35. The van der Waals surface area contributed by atoms with Crippen molar-refractivity contribution in [2.24, 2.45) is 5.92 Å². The van der Waals surface area contributed by atoms with Gasteiger partial charge in [-0.15, -0.1) is 11.3 Å². The Morgan fingerprint density at radius 1 is 1.21 bits per heavy atom. The van der Waals surface area contributed by atoms with Gasteiger partial charge in [0.05, 0.1) is 5.75 Å². The number of sulfonamides is 1. The quantitative estimate of drug-likeness (QED) is 0.643. The number of H-pyrrole nitrogens is 1. The number of benzene rings is 1. The van der Waals surface area contributed by atoms with Crippen molar-refractivity contribution in [2.45, 2.75) is 25.0 Å². The van der Waals surface area contributed by atoms with E-state index < -0.39 is 15.8 Å². The van der Waals surface area contributed by atoms with E-state index in [9.17, 15) is 17.6 Å². The molecule has 7 nitrogen and oxygen atoms in total. The van der Waals surface area contributed by atoms with Gasteiger partial charge in [0.15, 0.2) is 0 Å². The number of aromatic amines is 1. The number of rotatable bonds is 6. The zero-order chi connectivity index (χ0) is 20.4. The number of thiophene rings is 1. The number of hydrogen-bond acceptors (Lipinski definition) is 5. The number of piperidine rings is 1. The summed E-state index contributed by atoms with van der Waals surface area (Å²) in [6, 6.07) is 9.44. The number of hydrogen-bond donors (Lipinski definition) is 1. The molecular formula is C19H21FN4O3S2. The second kappa shape index (κ2) is 8.21. The Bertz CT molecular complexity index is 1130. The lowest BCUT2D eigenvalue weighted by Crippen LogP contribution is -2.39. The van der Waals surface area contributed by atoms with E-state index in [-0.39, 0.29) is 17.4 Å². The van der Waals surface area contributed by atoms with Crippen LogP contribution in [0.15, 0.2) is 46.6 Å². The largest absolute Gasteiger partial charge is 0.348 e. The SMILES string of the molecule is O=c1[nH]nc(CC2CCN(S(=O)(=O)Cc3cccc(F)c3)CC2)n1-c1cccs1. The summed E-state index contributed by atoms with van der Waals surface area (Å²) in [6.45, 7) is 0.825. The molecular weight excluding hydrogens is 415 g/mol. The molecule has 154 valence electrons. The maximum Gasteiger partial charge on any atom is 0.348 e. The zero-order valence-electron chi connectivity index (χ0n) is 15.6. The summed E-state index contributed by atoms with van der Waals surface area (Å²) in [5, 5.41) is 9.39. The third-order valence-electron chi connectivity index (χ3n) is 5.14. The van der Waals surface area contributed by atoms with Gasteiger partial charge in [0.2, 0.25) is 10.0 Å². The van der Waals surface area contributed by atoms with Crippen molar-refractivity contribution in [2.75, 3.05) is 13.1 Å². The van der Waals surface area contributed by atoms with Crippen LogP contribution in [0, 0.1) is 11.7 Å². The highest BCUT2D eigenvalue weighted by molar-refractivity contribution is 7.88. The summed E-state index contributed by atoms with van der Waals surface area (Å²) >= 11 is 1.47. The zero-order valence-corrected chi connectivity index (χ0v) is 17.3. The molecule has 0 radical (unpaired) electrons. The van der Waals surface area contributed by atoms with Crippen LogP contribution in [0.25, 0.3) is 5.00 Å². The van der Waals surface area contributed by atoms with E-state index in [1.807, 2.05) is 17.5 Å². The normalized spacial score (nSPS) is 16.3. The maximum atomic E-state index is 13.3. The standard InChI is InChI=1S/C19H21FN4O3S2/c20-16-4-1-3-15(11-16)13-29(26,27)23-8-6-14(7-9-23)12-17-21-22-19(25)24(17)18-5-2-10-28-18/h1-5,10-11,14H,6-9,12-13H2,(H,22,25). The Balaban J connectivity index is 1.40. The molecule has 0 spiro atoms. The fourth-order valence-electron chi connectivity index (χ4n) is 3.67. The molecule has 4 rings (SSSR count). The Labute approximate surface area is 171 Å². The van der Waals surface area contributed by atoms with Gasteiger partial charge in [0, 0.05) is 19.5 Å². The second-order valence-corrected chi connectivity index (χ2v) is 10.1. The van der Waals surface area contributed by atoms with Gasteiger partial charge >= 0.3 is 5.69 Å². The number of halogens is 1. The molecule has 1 N–H and O–H groups in total. The molecule has 1 fully saturated rings. The van der Waals surface area contributed by atoms with Gasteiger partial charge in [-0.2, -0.15) is 5.10 Å². The van der Waals surface area contributed by atoms with Crippen molar-refractivity contribution in [3.05, 3.63) is 69.5 Å². The van der Waals surface area contributed by atoms with Gasteiger partial charge in [-0.3, -0.25) is 0 Å². The highest BCUT2D eigenvalue weighted by Crippen LogP contribution is 2.25. The van der Waals surface area contributed by atoms with Gasteiger partial charge in [-0.25, -0.2) is 31.6 Å². The van der Waals surface area contributed by atoms with Crippen molar-refractivity contribution in [3.63, 3.8) is 0 Å². The highest BCUT2D eigenvalue weighted by Gasteiger charge is 2.29. The average molecular weight is 437 g/mol. The van der Waals surface area contributed by atoms with Crippen molar-refractivity contribution >= 4 is 21.4 Å². The lowest BCUT2D eigenvalue weighted by Gasteiger charge is -2.31. The van der Waals surface area contributed by atoms with Crippen LogP contribution < -0.4 is 5.69 Å². The van der Waals surface area contributed by atoms with Crippen LogP contribution in [0.1, 0.15) is 24.2 Å². The lowest BCUT2D eigenvalue weighted by molar-refractivity contribution is 0.269. The van der Waals surface area contributed by atoms with E-state index in [2.05, 4.69) is 10.2 Å². The van der Waals surface area contributed by atoms with Crippen LogP contribution in [0.5, 0.6) is 0 Å². The molecule has 1 aromatic carbocycles. The van der Waals surface area contributed by atoms with Crippen molar-refractivity contribution in [1.29, 1.82) is 0 Å². The summed E-state index contributed by atoms with van der Waals surface area (Å²) in [6.07, 6.45) is 1.98. The smallest absolute Gasteiger partial charge is 0.246 e. The number of nitrogens with zero attached hydrogens (tertiary/aromatic N) is 3. The lowest BCUT2D eigenvalue weighted by atomic mass is 9.94.